The first kappa shape index (κ1) is 18.4. The highest BCUT2D eigenvalue weighted by Crippen LogP contribution is 2.23. The lowest BCUT2D eigenvalue weighted by atomic mass is 10.1. The van der Waals surface area contributed by atoms with E-state index in [1.54, 1.807) is 60.8 Å². The van der Waals surface area contributed by atoms with E-state index in [0.717, 1.165) is 10.9 Å². The van der Waals surface area contributed by atoms with E-state index >= 15 is 0 Å². The molecule has 2 aromatic heterocycles. The molecule has 0 saturated carbocycles. The van der Waals surface area contributed by atoms with Gasteiger partial charge in [0.25, 0.3) is 11.5 Å². The van der Waals surface area contributed by atoms with Crippen LogP contribution in [0.25, 0.3) is 10.9 Å². The van der Waals surface area contributed by atoms with Crippen molar-refractivity contribution in [2.24, 2.45) is 0 Å². The summed E-state index contributed by atoms with van der Waals surface area (Å²) in [4.78, 5) is 34.3. The number of carbonyl (C=O) groups is 1. The van der Waals surface area contributed by atoms with Crippen LogP contribution >= 0.6 is 0 Å². The van der Waals surface area contributed by atoms with Crippen molar-refractivity contribution in [2.45, 2.75) is 6.54 Å². The van der Waals surface area contributed by atoms with Crippen molar-refractivity contribution in [1.82, 2.24) is 9.97 Å². The number of aromatic nitrogens is 2. The second-order valence-corrected chi connectivity index (χ2v) is 6.54. The van der Waals surface area contributed by atoms with Crippen LogP contribution in [0, 0.1) is 0 Å². The van der Waals surface area contributed by atoms with Gasteiger partial charge in [0.15, 0.2) is 0 Å². The van der Waals surface area contributed by atoms with Crippen LogP contribution < -0.4 is 15.2 Å². The molecule has 0 aliphatic rings. The van der Waals surface area contributed by atoms with Gasteiger partial charge in [0.05, 0.1) is 13.7 Å². The van der Waals surface area contributed by atoms with Crippen LogP contribution in [0.4, 0.5) is 5.69 Å². The minimum Gasteiger partial charge on any atom is -0.497 e. The number of carbonyl (C=O) groups excluding carboxylic acids is 1. The molecule has 0 atom stereocenters. The molecule has 0 saturated heterocycles. The maximum atomic E-state index is 13.2. The van der Waals surface area contributed by atoms with E-state index in [1.165, 1.54) is 0 Å². The minimum atomic E-state index is -0.218. The number of pyridine rings is 2. The van der Waals surface area contributed by atoms with Crippen molar-refractivity contribution >= 4 is 22.5 Å². The number of rotatable bonds is 5. The van der Waals surface area contributed by atoms with Gasteiger partial charge in [-0.25, -0.2) is 0 Å². The summed E-state index contributed by atoms with van der Waals surface area (Å²) in [6, 6.07) is 19.9. The number of H-pyrrole nitrogens is 1. The molecule has 0 aliphatic carbocycles. The number of methoxy groups -OCH3 is 1. The molecular formula is C23H19N3O3. The number of benzene rings is 2. The van der Waals surface area contributed by atoms with Gasteiger partial charge in [-0.1, -0.05) is 18.2 Å². The molecule has 29 heavy (non-hydrogen) atoms. The number of amides is 1. The first-order valence-electron chi connectivity index (χ1n) is 9.12. The zero-order valence-corrected chi connectivity index (χ0v) is 15.8. The SMILES string of the molecule is COc1ccc(N(Cc2cc3ccccc3[nH]c2=O)C(=O)c2ccncc2)cc1. The molecular weight excluding hydrogens is 366 g/mol. The molecule has 0 radical (unpaired) electrons. The van der Waals surface area contributed by atoms with Crippen LogP contribution in [-0.2, 0) is 6.54 Å². The predicted octanol–water partition coefficient (Wildman–Crippen LogP) is 3.78. The average Bonchev–Trinajstić information content (AvgIpc) is 2.78. The third kappa shape index (κ3) is 3.87. The normalized spacial score (nSPS) is 10.7. The Labute approximate surface area is 167 Å². The molecule has 144 valence electrons. The van der Waals surface area contributed by atoms with Crippen LogP contribution in [0.3, 0.4) is 0 Å². The molecule has 0 bridgehead atoms. The number of fused-ring (bicyclic) bond motifs is 1. The smallest absolute Gasteiger partial charge is 0.258 e. The first-order chi connectivity index (χ1) is 14.2. The lowest BCUT2D eigenvalue weighted by Gasteiger charge is -2.23. The Hall–Kier alpha value is -3.93. The molecule has 0 fully saturated rings. The summed E-state index contributed by atoms with van der Waals surface area (Å²) in [7, 11) is 1.59. The summed E-state index contributed by atoms with van der Waals surface area (Å²) in [6.07, 6.45) is 3.14. The molecule has 6 nitrogen and oxygen atoms in total. The lowest BCUT2D eigenvalue weighted by molar-refractivity contribution is 0.0985. The number of aromatic amines is 1. The fourth-order valence-corrected chi connectivity index (χ4v) is 3.17. The summed E-state index contributed by atoms with van der Waals surface area (Å²) in [5, 5.41) is 0.910. The van der Waals surface area contributed by atoms with Gasteiger partial charge >= 0.3 is 0 Å². The predicted molar refractivity (Wildman–Crippen MR) is 112 cm³/mol. The molecule has 0 spiro atoms. The Morgan fingerprint density at radius 2 is 1.76 bits per heavy atom. The van der Waals surface area contributed by atoms with E-state index in [4.69, 9.17) is 4.74 Å². The average molecular weight is 385 g/mol. The zero-order valence-electron chi connectivity index (χ0n) is 15.8. The van der Waals surface area contributed by atoms with Crippen LogP contribution in [0.1, 0.15) is 15.9 Å². The monoisotopic (exact) mass is 385 g/mol. The minimum absolute atomic E-state index is 0.133. The van der Waals surface area contributed by atoms with Gasteiger partial charge in [-0.05, 0) is 53.9 Å². The van der Waals surface area contributed by atoms with Crippen molar-refractivity contribution in [3.63, 3.8) is 0 Å². The maximum absolute atomic E-state index is 13.2. The van der Waals surface area contributed by atoms with Crippen molar-refractivity contribution in [3.8, 4) is 5.75 Å². The summed E-state index contributed by atoms with van der Waals surface area (Å²) in [5.74, 6) is 0.471. The molecule has 0 aliphatic heterocycles. The second kappa shape index (κ2) is 7.98. The van der Waals surface area contributed by atoms with Crippen LogP contribution in [0.2, 0.25) is 0 Å². The maximum Gasteiger partial charge on any atom is 0.258 e. The van der Waals surface area contributed by atoms with E-state index in [9.17, 15) is 9.59 Å². The fourth-order valence-electron chi connectivity index (χ4n) is 3.17. The van der Waals surface area contributed by atoms with Gasteiger partial charge in [0, 0.05) is 34.7 Å². The summed E-state index contributed by atoms with van der Waals surface area (Å²) in [6.45, 7) is 0.133. The highest BCUT2D eigenvalue weighted by atomic mass is 16.5. The standard InChI is InChI=1S/C23H19N3O3/c1-29-20-8-6-19(7-9-20)26(23(28)16-10-12-24-13-11-16)15-18-14-17-4-2-3-5-21(17)25-22(18)27/h2-14H,15H2,1H3,(H,25,27). The number of hydrogen-bond donors (Lipinski definition) is 1. The number of hydrogen-bond acceptors (Lipinski definition) is 4. The number of para-hydroxylation sites is 1. The van der Waals surface area contributed by atoms with Crippen LogP contribution in [0.5, 0.6) is 5.75 Å². The quantitative estimate of drug-likeness (QED) is 0.567. The van der Waals surface area contributed by atoms with E-state index in [1.807, 2.05) is 30.3 Å². The zero-order chi connectivity index (χ0) is 20.2. The molecule has 2 heterocycles. The Balaban J connectivity index is 1.76. The van der Waals surface area contributed by atoms with E-state index in [2.05, 4.69) is 9.97 Å². The molecule has 4 aromatic rings. The highest BCUT2D eigenvalue weighted by Gasteiger charge is 2.20. The van der Waals surface area contributed by atoms with Gasteiger partial charge in [0.2, 0.25) is 0 Å². The number of ether oxygens (including phenoxy) is 1. The van der Waals surface area contributed by atoms with Gasteiger partial charge in [-0.15, -0.1) is 0 Å². The molecule has 0 unspecified atom stereocenters. The van der Waals surface area contributed by atoms with Crippen LogP contribution in [0.15, 0.2) is 83.9 Å². The van der Waals surface area contributed by atoms with Gasteiger partial charge in [-0.3, -0.25) is 14.6 Å². The molecule has 1 N–H and O–H groups in total. The second-order valence-electron chi connectivity index (χ2n) is 6.54. The summed E-state index contributed by atoms with van der Waals surface area (Å²) < 4.78 is 5.21. The highest BCUT2D eigenvalue weighted by molar-refractivity contribution is 6.06. The number of nitrogens with one attached hydrogen (secondary N) is 1. The fraction of sp³-hybridized carbons (Fsp3) is 0.0870. The van der Waals surface area contributed by atoms with Crippen molar-refractivity contribution < 1.29 is 9.53 Å². The van der Waals surface area contributed by atoms with Crippen molar-refractivity contribution in [3.05, 3.63) is 101 Å². The van der Waals surface area contributed by atoms with E-state index in [-0.39, 0.29) is 18.0 Å². The summed E-state index contributed by atoms with van der Waals surface area (Å²) in [5.41, 5.74) is 2.21. The Morgan fingerprint density at radius 3 is 2.48 bits per heavy atom. The molecule has 2 aromatic carbocycles. The topological polar surface area (TPSA) is 75.3 Å². The lowest BCUT2D eigenvalue weighted by Crippen LogP contribution is -2.32. The largest absolute Gasteiger partial charge is 0.497 e. The Bertz CT molecular complexity index is 1200. The molecule has 6 heteroatoms. The first-order valence-corrected chi connectivity index (χ1v) is 9.12. The number of anilines is 1. The van der Waals surface area contributed by atoms with Crippen molar-refractivity contribution in [1.29, 1.82) is 0 Å². The van der Waals surface area contributed by atoms with Crippen molar-refractivity contribution in [2.75, 3.05) is 12.0 Å². The third-order valence-corrected chi connectivity index (χ3v) is 4.72. The van der Waals surface area contributed by atoms with E-state index < -0.39 is 0 Å². The Morgan fingerprint density at radius 1 is 1.03 bits per heavy atom. The Kier molecular flexibility index (Phi) is 5.07. The number of nitrogens with zero attached hydrogens (tertiary/aromatic N) is 2. The van der Waals surface area contributed by atoms with Crippen LogP contribution in [-0.4, -0.2) is 23.0 Å². The summed E-state index contributed by atoms with van der Waals surface area (Å²) >= 11 is 0. The van der Waals surface area contributed by atoms with E-state index in [0.29, 0.717) is 22.6 Å². The van der Waals surface area contributed by atoms with Gasteiger partial charge < -0.3 is 14.6 Å². The molecule has 4 rings (SSSR count). The third-order valence-electron chi connectivity index (χ3n) is 4.72. The van der Waals surface area contributed by atoms with Gasteiger partial charge in [0.1, 0.15) is 5.75 Å². The molecule has 1 amide bonds. The van der Waals surface area contributed by atoms with Gasteiger partial charge in [-0.2, -0.15) is 0 Å².